The van der Waals surface area contributed by atoms with Crippen molar-refractivity contribution in [1.29, 1.82) is 0 Å². The predicted octanol–water partition coefficient (Wildman–Crippen LogP) is 3.96. The molecule has 1 aromatic heterocycles. The summed E-state index contributed by atoms with van der Waals surface area (Å²) in [5.74, 6) is 0. The third kappa shape index (κ3) is 2.44. The molecule has 14 heavy (non-hydrogen) atoms. The van der Waals surface area contributed by atoms with Crippen LogP contribution in [0, 0.1) is 7.14 Å². The highest BCUT2D eigenvalue weighted by Crippen LogP contribution is 2.23. The minimum atomic E-state index is 1.17. The van der Waals surface area contributed by atoms with Crippen LogP contribution in [0.1, 0.15) is 0 Å². The van der Waals surface area contributed by atoms with Crippen molar-refractivity contribution in [2.45, 2.75) is 0 Å². The Bertz CT molecular complexity index is 420. The lowest BCUT2D eigenvalue weighted by Gasteiger charge is -2.02. The molecule has 0 aliphatic heterocycles. The maximum absolute atomic E-state index is 4.12. The van der Waals surface area contributed by atoms with Crippen LogP contribution in [0.2, 0.25) is 0 Å². The number of benzene rings is 1. The molecular formula is C11H7I2N. The van der Waals surface area contributed by atoms with Gasteiger partial charge in [0.2, 0.25) is 0 Å². The van der Waals surface area contributed by atoms with Crippen LogP contribution in [0.4, 0.5) is 0 Å². The van der Waals surface area contributed by atoms with Gasteiger partial charge in [0.25, 0.3) is 0 Å². The topological polar surface area (TPSA) is 12.9 Å². The molecule has 0 aliphatic carbocycles. The largest absolute Gasteiger partial charge is 0.264 e. The van der Waals surface area contributed by atoms with E-state index in [1.165, 1.54) is 18.3 Å². The van der Waals surface area contributed by atoms with Gasteiger partial charge in [-0.1, -0.05) is 6.07 Å². The Balaban J connectivity index is 2.52. The lowest BCUT2D eigenvalue weighted by atomic mass is 10.1. The molecule has 0 unspecified atom stereocenters. The first kappa shape index (κ1) is 10.4. The van der Waals surface area contributed by atoms with Crippen molar-refractivity contribution in [3.63, 3.8) is 0 Å². The van der Waals surface area contributed by atoms with Crippen molar-refractivity contribution in [3.05, 3.63) is 49.9 Å². The lowest BCUT2D eigenvalue weighted by molar-refractivity contribution is 1.33. The van der Waals surface area contributed by atoms with E-state index in [0.717, 1.165) is 0 Å². The Kier molecular flexibility index (Phi) is 3.38. The summed E-state index contributed by atoms with van der Waals surface area (Å²) >= 11 is 4.67. The van der Waals surface area contributed by atoms with Crippen LogP contribution in [-0.2, 0) is 0 Å². The average molecular weight is 407 g/mol. The van der Waals surface area contributed by atoms with Crippen LogP contribution in [0.3, 0.4) is 0 Å². The Hall–Kier alpha value is -0.170. The standard InChI is InChI=1S/C11H7I2N/c12-10-4-9(5-11(13)6-10)8-2-1-3-14-7-8/h1-7H. The second-order valence-electron chi connectivity index (χ2n) is 2.90. The van der Waals surface area contributed by atoms with E-state index in [9.17, 15) is 0 Å². The highest BCUT2D eigenvalue weighted by molar-refractivity contribution is 14.1. The van der Waals surface area contributed by atoms with Crippen molar-refractivity contribution in [2.24, 2.45) is 0 Å². The molecule has 0 fully saturated rings. The fraction of sp³-hybridized carbons (Fsp3) is 0. The minimum Gasteiger partial charge on any atom is -0.264 e. The van der Waals surface area contributed by atoms with Gasteiger partial charge >= 0.3 is 0 Å². The summed E-state index contributed by atoms with van der Waals surface area (Å²) in [4.78, 5) is 4.12. The number of hydrogen-bond donors (Lipinski definition) is 0. The maximum atomic E-state index is 4.12. The van der Waals surface area contributed by atoms with Gasteiger partial charge in [-0.2, -0.15) is 0 Å². The Morgan fingerprint density at radius 1 is 0.929 bits per heavy atom. The summed E-state index contributed by atoms with van der Waals surface area (Å²) < 4.78 is 2.52. The van der Waals surface area contributed by atoms with Crippen molar-refractivity contribution in [2.75, 3.05) is 0 Å². The van der Waals surface area contributed by atoms with Gasteiger partial charge < -0.3 is 0 Å². The third-order valence-electron chi connectivity index (χ3n) is 1.86. The van der Waals surface area contributed by atoms with Crippen LogP contribution in [0.15, 0.2) is 42.7 Å². The summed E-state index contributed by atoms with van der Waals surface area (Å²) in [6.45, 7) is 0. The van der Waals surface area contributed by atoms with Crippen molar-refractivity contribution in [1.82, 2.24) is 4.98 Å². The highest BCUT2D eigenvalue weighted by atomic mass is 127. The van der Waals surface area contributed by atoms with Gasteiger partial charge in [0.1, 0.15) is 0 Å². The normalized spacial score (nSPS) is 10.1. The Morgan fingerprint density at radius 2 is 1.64 bits per heavy atom. The molecule has 0 N–H and O–H groups in total. The Morgan fingerprint density at radius 3 is 2.21 bits per heavy atom. The molecule has 2 rings (SSSR count). The van der Waals surface area contributed by atoms with E-state index in [0.29, 0.717) is 0 Å². The zero-order valence-corrected chi connectivity index (χ0v) is 11.6. The maximum Gasteiger partial charge on any atom is 0.0346 e. The van der Waals surface area contributed by atoms with E-state index in [4.69, 9.17) is 0 Å². The molecule has 0 spiro atoms. The van der Waals surface area contributed by atoms with Crippen LogP contribution in [-0.4, -0.2) is 4.98 Å². The molecular weight excluding hydrogens is 400 g/mol. The van der Waals surface area contributed by atoms with Gasteiger partial charge in [-0.25, -0.2) is 0 Å². The average Bonchev–Trinajstić information content (AvgIpc) is 2.18. The van der Waals surface area contributed by atoms with Crippen LogP contribution < -0.4 is 0 Å². The zero-order valence-electron chi connectivity index (χ0n) is 7.24. The molecule has 3 heteroatoms. The third-order valence-corrected chi connectivity index (χ3v) is 3.10. The van der Waals surface area contributed by atoms with Gasteiger partial charge in [-0.3, -0.25) is 4.98 Å². The van der Waals surface area contributed by atoms with Crippen molar-refractivity contribution >= 4 is 45.2 Å². The molecule has 1 nitrogen and oxygen atoms in total. The first-order chi connectivity index (χ1) is 6.75. The van der Waals surface area contributed by atoms with Crippen molar-refractivity contribution in [3.8, 4) is 11.1 Å². The molecule has 2 aromatic rings. The number of rotatable bonds is 1. The zero-order chi connectivity index (χ0) is 9.97. The number of hydrogen-bond acceptors (Lipinski definition) is 1. The van der Waals surface area contributed by atoms with Gasteiger partial charge in [-0.05, 0) is 75.0 Å². The summed E-state index contributed by atoms with van der Waals surface area (Å²) in [6, 6.07) is 10.5. The molecule has 0 radical (unpaired) electrons. The molecule has 0 saturated carbocycles. The molecule has 70 valence electrons. The number of nitrogens with zero attached hydrogens (tertiary/aromatic N) is 1. The first-order valence-corrected chi connectivity index (χ1v) is 6.28. The summed E-state index contributed by atoms with van der Waals surface area (Å²) in [6.07, 6.45) is 3.68. The highest BCUT2D eigenvalue weighted by Gasteiger charge is 1.99. The van der Waals surface area contributed by atoms with E-state index in [1.54, 1.807) is 6.20 Å². The molecule has 0 amide bonds. The fourth-order valence-electron chi connectivity index (χ4n) is 1.25. The Labute approximate surface area is 110 Å². The van der Waals surface area contributed by atoms with Crippen LogP contribution in [0.25, 0.3) is 11.1 Å². The first-order valence-electron chi connectivity index (χ1n) is 4.12. The number of pyridine rings is 1. The quantitative estimate of drug-likeness (QED) is 0.653. The monoisotopic (exact) mass is 407 g/mol. The molecule has 0 aliphatic rings. The SMILES string of the molecule is Ic1cc(I)cc(-c2cccnc2)c1. The van der Waals surface area contributed by atoms with Gasteiger partial charge in [-0.15, -0.1) is 0 Å². The van der Waals surface area contributed by atoms with Gasteiger partial charge in [0.05, 0.1) is 0 Å². The number of aromatic nitrogens is 1. The van der Waals surface area contributed by atoms with Gasteiger partial charge in [0.15, 0.2) is 0 Å². The van der Waals surface area contributed by atoms with E-state index in [1.807, 2.05) is 12.3 Å². The lowest BCUT2D eigenvalue weighted by Crippen LogP contribution is -1.82. The second kappa shape index (κ2) is 4.57. The molecule has 1 aromatic carbocycles. The smallest absolute Gasteiger partial charge is 0.0346 e. The van der Waals surface area contributed by atoms with Crippen LogP contribution in [0.5, 0.6) is 0 Å². The summed E-state index contributed by atoms with van der Waals surface area (Å²) in [5, 5.41) is 0. The predicted molar refractivity (Wildman–Crippen MR) is 75.1 cm³/mol. The van der Waals surface area contributed by atoms with E-state index >= 15 is 0 Å². The molecule has 1 heterocycles. The van der Waals surface area contributed by atoms with E-state index in [-0.39, 0.29) is 0 Å². The summed E-state index contributed by atoms with van der Waals surface area (Å²) in [7, 11) is 0. The second-order valence-corrected chi connectivity index (χ2v) is 5.39. The van der Waals surface area contributed by atoms with Crippen molar-refractivity contribution < 1.29 is 0 Å². The van der Waals surface area contributed by atoms with Crippen LogP contribution >= 0.6 is 45.2 Å². The van der Waals surface area contributed by atoms with E-state index < -0.39 is 0 Å². The molecule has 0 atom stereocenters. The summed E-state index contributed by atoms with van der Waals surface area (Å²) in [5.41, 5.74) is 2.40. The van der Waals surface area contributed by atoms with E-state index in [2.05, 4.69) is 74.4 Å². The fourth-order valence-corrected chi connectivity index (χ4v) is 3.19. The molecule has 0 saturated heterocycles. The molecule has 0 bridgehead atoms. The minimum absolute atomic E-state index is 1.17. The van der Waals surface area contributed by atoms with Gasteiger partial charge in [0, 0.05) is 25.1 Å². The number of halogens is 2.